The topological polar surface area (TPSA) is 86.2 Å². The number of halogens is 6. The van der Waals surface area contributed by atoms with Crippen LogP contribution in [-0.4, -0.2) is 59.3 Å². The lowest BCUT2D eigenvalue weighted by Crippen LogP contribution is -2.36. The minimum absolute atomic E-state index is 0.254. The summed E-state index contributed by atoms with van der Waals surface area (Å²) in [6.45, 7) is -4.13. The van der Waals surface area contributed by atoms with Gasteiger partial charge in [-0.2, -0.15) is 41.3 Å². The Labute approximate surface area is 120 Å². The third-order valence-electron chi connectivity index (χ3n) is 2.12. The summed E-state index contributed by atoms with van der Waals surface area (Å²) in [6, 6.07) is 0. The highest BCUT2D eigenvalue weighted by Crippen LogP contribution is 2.21. The average Bonchev–Trinajstić information content (AvgIpc) is 2.40. The molecule has 0 saturated heterocycles. The standard InChI is InChI=1S/C9H12F6N6O/c1-16-5-18-6(17-2-8(10,11)12)20-7(19-5)21(4-22)3-9(13,14)15/h22H,2-4H2,1H3,(H2,16,17,18,19,20). The van der Waals surface area contributed by atoms with Gasteiger partial charge in [-0.15, -0.1) is 0 Å². The van der Waals surface area contributed by atoms with Crippen LogP contribution in [0.15, 0.2) is 0 Å². The molecule has 0 aliphatic carbocycles. The number of aromatic nitrogens is 3. The maximum absolute atomic E-state index is 12.4. The normalized spacial score (nSPS) is 12.2. The molecule has 0 saturated carbocycles. The van der Waals surface area contributed by atoms with E-state index in [1.54, 1.807) is 0 Å². The van der Waals surface area contributed by atoms with Gasteiger partial charge in [0.15, 0.2) is 0 Å². The molecule has 0 aliphatic heterocycles. The van der Waals surface area contributed by atoms with Crippen molar-refractivity contribution in [3.63, 3.8) is 0 Å². The van der Waals surface area contributed by atoms with Crippen molar-refractivity contribution in [3.8, 4) is 0 Å². The van der Waals surface area contributed by atoms with Gasteiger partial charge >= 0.3 is 12.4 Å². The fourth-order valence-corrected chi connectivity index (χ4v) is 1.28. The molecule has 3 N–H and O–H groups in total. The van der Waals surface area contributed by atoms with E-state index in [0.29, 0.717) is 4.90 Å². The molecule has 0 atom stereocenters. The first-order valence-electron chi connectivity index (χ1n) is 5.71. The summed E-state index contributed by atoms with van der Waals surface area (Å²) < 4.78 is 73.5. The van der Waals surface area contributed by atoms with E-state index in [1.807, 2.05) is 5.32 Å². The molecule has 126 valence electrons. The summed E-state index contributed by atoms with van der Waals surface area (Å²) >= 11 is 0. The first-order chi connectivity index (χ1) is 10.0. The molecule has 22 heavy (non-hydrogen) atoms. The molecule has 1 heterocycles. The zero-order valence-electron chi connectivity index (χ0n) is 11.1. The SMILES string of the molecule is CNc1nc(NCC(F)(F)F)nc(N(CO)CC(F)(F)F)n1. The maximum atomic E-state index is 12.4. The van der Waals surface area contributed by atoms with E-state index in [4.69, 9.17) is 5.11 Å². The number of hydrogen-bond donors (Lipinski definition) is 3. The Morgan fingerprint density at radius 3 is 2.05 bits per heavy atom. The van der Waals surface area contributed by atoms with Gasteiger partial charge in [0.1, 0.15) is 19.8 Å². The molecule has 0 unspecified atom stereocenters. The van der Waals surface area contributed by atoms with Gasteiger partial charge in [-0.3, -0.25) is 0 Å². The van der Waals surface area contributed by atoms with Crippen LogP contribution in [0.25, 0.3) is 0 Å². The van der Waals surface area contributed by atoms with Gasteiger partial charge in [0.05, 0.1) is 0 Å². The molecule has 1 aromatic heterocycles. The number of nitrogens with one attached hydrogen (secondary N) is 2. The number of rotatable bonds is 6. The van der Waals surface area contributed by atoms with Gasteiger partial charge in [0, 0.05) is 7.05 Å². The number of aliphatic hydroxyl groups excluding tert-OH is 1. The third kappa shape index (κ3) is 6.15. The Kier molecular flexibility index (Phi) is 5.57. The van der Waals surface area contributed by atoms with Crippen LogP contribution < -0.4 is 15.5 Å². The third-order valence-corrected chi connectivity index (χ3v) is 2.12. The number of nitrogens with zero attached hydrogens (tertiary/aromatic N) is 4. The molecule has 0 bridgehead atoms. The molecule has 0 spiro atoms. The molecule has 0 aromatic carbocycles. The highest BCUT2D eigenvalue weighted by Gasteiger charge is 2.32. The van der Waals surface area contributed by atoms with Gasteiger partial charge in [-0.25, -0.2) is 0 Å². The molecule has 7 nitrogen and oxygen atoms in total. The van der Waals surface area contributed by atoms with E-state index >= 15 is 0 Å². The van der Waals surface area contributed by atoms with Gasteiger partial charge in [0.2, 0.25) is 17.8 Å². The Morgan fingerprint density at radius 2 is 1.59 bits per heavy atom. The zero-order valence-corrected chi connectivity index (χ0v) is 11.1. The van der Waals surface area contributed by atoms with Crippen molar-refractivity contribution in [2.45, 2.75) is 12.4 Å². The molecule has 13 heteroatoms. The Morgan fingerprint density at radius 1 is 1.00 bits per heavy atom. The van der Waals surface area contributed by atoms with Crippen LogP contribution in [0, 0.1) is 0 Å². The van der Waals surface area contributed by atoms with Crippen molar-refractivity contribution in [1.29, 1.82) is 0 Å². The molecule has 1 rings (SSSR count). The second kappa shape index (κ2) is 6.81. The summed E-state index contributed by atoms with van der Waals surface area (Å²) in [5.41, 5.74) is 0. The van der Waals surface area contributed by atoms with Crippen LogP contribution in [0.1, 0.15) is 0 Å². The Hall–Kier alpha value is -2.05. The van der Waals surface area contributed by atoms with E-state index in [0.717, 1.165) is 0 Å². The van der Waals surface area contributed by atoms with Crippen LogP contribution in [-0.2, 0) is 0 Å². The Bertz CT molecular complexity index is 492. The highest BCUT2D eigenvalue weighted by molar-refractivity contribution is 5.43. The van der Waals surface area contributed by atoms with Crippen molar-refractivity contribution < 1.29 is 31.4 Å². The van der Waals surface area contributed by atoms with Crippen molar-refractivity contribution in [1.82, 2.24) is 15.0 Å². The summed E-state index contributed by atoms with van der Waals surface area (Å²) in [5, 5.41) is 13.2. The Balaban J connectivity index is 3.02. The molecule has 1 aromatic rings. The van der Waals surface area contributed by atoms with Crippen LogP contribution in [0.2, 0.25) is 0 Å². The van der Waals surface area contributed by atoms with Crippen molar-refractivity contribution in [3.05, 3.63) is 0 Å². The minimum atomic E-state index is -4.66. The van der Waals surface area contributed by atoms with Gasteiger partial charge in [-0.1, -0.05) is 0 Å². The lowest BCUT2D eigenvalue weighted by molar-refractivity contribution is -0.121. The summed E-state index contributed by atoms with van der Waals surface area (Å²) in [7, 11) is 1.32. The number of alkyl halides is 6. The van der Waals surface area contributed by atoms with Crippen molar-refractivity contribution in [2.75, 3.05) is 42.4 Å². The summed E-state index contributed by atoms with van der Waals surface area (Å²) in [4.78, 5) is 10.9. The summed E-state index contributed by atoms with van der Waals surface area (Å²) in [6.07, 6.45) is -9.22. The van der Waals surface area contributed by atoms with Crippen molar-refractivity contribution in [2.24, 2.45) is 0 Å². The molecule has 0 aliphatic rings. The molecule has 0 fully saturated rings. The fraction of sp³-hybridized carbons (Fsp3) is 0.667. The molecular weight excluding hydrogens is 322 g/mol. The smallest absolute Gasteiger partial charge is 0.376 e. The van der Waals surface area contributed by atoms with Crippen molar-refractivity contribution >= 4 is 17.8 Å². The average molecular weight is 334 g/mol. The monoisotopic (exact) mass is 334 g/mol. The fourth-order valence-electron chi connectivity index (χ4n) is 1.28. The van der Waals surface area contributed by atoms with Crippen LogP contribution in [0.3, 0.4) is 0 Å². The van der Waals surface area contributed by atoms with Crippen LogP contribution in [0.5, 0.6) is 0 Å². The van der Waals surface area contributed by atoms with Gasteiger partial charge in [-0.05, 0) is 0 Å². The zero-order chi connectivity index (χ0) is 17.0. The minimum Gasteiger partial charge on any atom is -0.376 e. The number of aliphatic hydroxyl groups is 1. The van der Waals surface area contributed by atoms with Gasteiger partial charge in [0.25, 0.3) is 0 Å². The van der Waals surface area contributed by atoms with Crippen LogP contribution >= 0.6 is 0 Å². The predicted octanol–water partition coefficient (Wildman–Crippen LogP) is 1.21. The van der Waals surface area contributed by atoms with Crippen LogP contribution in [0.4, 0.5) is 44.2 Å². The molecule has 0 amide bonds. The first kappa shape index (κ1) is 18.0. The molecule has 0 radical (unpaired) electrons. The second-order valence-corrected chi connectivity index (χ2v) is 3.96. The van der Waals surface area contributed by atoms with E-state index in [2.05, 4.69) is 20.3 Å². The van der Waals surface area contributed by atoms with E-state index < -0.39 is 44.1 Å². The highest BCUT2D eigenvalue weighted by atomic mass is 19.4. The predicted molar refractivity (Wildman–Crippen MR) is 64.4 cm³/mol. The maximum Gasteiger partial charge on any atom is 0.406 e. The lowest BCUT2D eigenvalue weighted by Gasteiger charge is -2.22. The van der Waals surface area contributed by atoms with E-state index in [-0.39, 0.29) is 5.95 Å². The first-order valence-corrected chi connectivity index (χ1v) is 5.71. The number of anilines is 3. The van der Waals surface area contributed by atoms with E-state index in [1.165, 1.54) is 7.05 Å². The summed E-state index contributed by atoms with van der Waals surface area (Å²) in [5.74, 6) is -1.45. The van der Waals surface area contributed by atoms with Gasteiger partial charge < -0.3 is 20.6 Å². The second-order valence-electron chi connectivity index (χ2n) is 3.96. The lowest BCUT2D eigenvalue weighted by atomic mass is 10.5. The molecular formula is C9H12F6N6O. The van der Waals surface area contributed by atoms with E-state index in [9.17, 15) is 26.3 Å². The number of hydrogen-bond acceptors (Lipinski definition) is 7. The largest absolute Gasteiger partial charge is 0.406 e. The quantitative estimate of drug-likeness (QED) is 0.532.